The minimum Gasteiger partial charge on any atom is -0.477 e. The van der Waals surface area contributed by atoms with Crippen LogP contribution < -0.4 is 0 Å². The molecule has 1 aliphatic rings. The summed E-state index contributed by atoms with van der Waals surface area (Å²) < 4.78 is 6.28. The predicted molar refractivity (Wildman–Crippen MR) is 151 cm³/mol. The number of allylic oxidation sites excluding steroid dienone is 3. The normalized spacial score (nSPS) is 13.0. The lowest BCUT2D eigenvalue weighted by Gasteiger charge is -2.19. The second-order valence-electron chi connectivity index (χ2n) is 8.71. The number of nitriles is 1. The van der Waals surface area contributed by atoms with Crippen LogP contribution in [-0.2, 0) is 9.53 Å². The van der Waals surface area contributed by atoms with E-state index in [1.54, 1.807) is 18.2 Å². The van der Waals surface area contributed by atoms with E-state index in [9.17, 15) is 4.79 Å². The lowest BCUT2D eigenvalue weighted by atomic mass is 9.99. The van der Waals surface area contributed by atoms with Crippen LogP contribution in [0, 0.1) is 11.3 Å². The van der Waals surface area contributed by atoms with E-state index in [1.165, 1.54) is 6.08 Å². The van der Waals surface area contributed by atoms with Crippen LogP contribution in [0.3, 0.4) is 0 Å². The minimum atomic E-state index is -1.23. The monoisotopic (exact) mass is 493 g/mol. The number of ether oxygens (including phenoxy) is 1. The second kappa shape index (κ2) is 11.1. The molecule has 4 nitrogen and oxygen atoms in total. The molecule has 0 unspecified atom stereocenters. The van der Waals surface area contributed by atoms with E-state index in [-0.39, 0.29) is 5.57 Å². The van der Waals surface area contributed by atoms with Gasteiger partial charge in [0.1, 0.15) is 23.2 Å². The van der Waals surface area contributed by atoms with Gasteiger partial charge in [0, 0.05) is 11.1 Å². The first-order chi connectivity index (χ1) is 18.6. The van der Waals surface area contributed by atoms with E-state index in [0.717, 1.165) is 44.9 Å². The average molecular weight is 494 g/mol. The zero-order chi connectivity index (χ0) is 26.3. The van der Waals surface area contributed by atoms with Gasteiger partial charge in [0.15, 0.2) is 0 Å². The van der Waals surface area contributed by atoms with Gasteiger partial charge in [-0.1, -0.05) is 109 Å². The lowest BCUT2D eigenvalue weighted by Crippen LogP contribution is -1.99. The molecule has 1 N–H and O–H groups in total. The van der Waals surface area contributed by atoms with E-state index in [0.29, 0.717) is 5.56 Å². The Morgan fingerprint density at radius 1 is 0.658 bits per heavy atom. The van der Waals surface area contributed by atoms with Gasteiger partial charge in [0.2, 0.25) is 0 Å². The third-order valence-electron chi connectivity index (χ3n) is 6.08. The number of nitrogens with zero attached hydrogens (tertiary/aromatic N) is 1. The van der Waals surface area contributed by atoms with E-state index in [4.69, 9.17) is 15.1 Å². The molecule has 0 aliphatic carbocycles. The van der Waals surface area contributed by atoms with Gasteiger partial charge < -0.3 is 9.84 Å². The van der Waals surface area contributed by atoms with Crippen molar-refractivity contribution in [1.29, 1.82) is 5.26 Å². The van der Waals surface area contributed by atoms with Crippen molar-refractivity contribution in [3.05, 3.63) is 155 Å². The molecular weight excluding hydrogens is 470 g/mol. The molecule has 0 atom stereocenters. The minimum absolute atomic E-state index is 0.294. The molecule has 1 heterocycles. The standard InChI is InChI=1S/C34H23NO3/c35-23-31(34(36)37)20-25-13-17-28(18-14-25)27-15-11-24(12-16-27)19-26-21-32(29-7-3-1-4-8-29)38-33(22-26)30-9-5-2-6-10-30/h1-22H,(H,36,37)/b31-20-. The summed E-state index contributed by atoms with van der Waals surface area (Å²) in [4.78, 5) is 11.1. The fourth-order valence-electron chi connectivity index (χ4n) is 4.14. The first-order valence-corrected chi connectivity index (χ1v) is 12.1. The lowest BCUT2D eigenvalue weighted by molar-refractivity contribution is -0.132. The van der Waals surface area contributed by atoms with Crippen LogP contribution in [0.5, 0.6) is 0 Å². The quantitative estimate of drug-likeness (QED) is 0.219. The third-order valence-corrected chi connectivity index (χ3v) is 6.08. The van der Waals surface area contributed by atoms with Crippen molar-refractivity contribution in [2.45, 2.75) is 0 Å². The van der Waals surface area contributed by atoms with Crippen molar-refractivity contribution < 1.29 is 14.6 Å². The highest BCUT2D eigenvalue weighted by atomic mass is 16.5. The largest absolute Gasteiger partial charge is 0.477 e. The van der Waals surface area contributed by atoms with Gasteiger partial charge in [-0.2, -0.15) is 5.26 Å². The number of benzene rings is 4. The molecule has 38 heavy (non-hydrogen) atoms. The van der Waals surface area contributed by atoms with Gasteiger partial charge in [-0.15, -0.1) is 0 Å². The summed E-state index contributed by atoms with van der Waals surface area (Å²) in [6.45, 7) is 0. The summed E-state index contributed by atoms with van der Waals surface area (Å²) >= 11 is 0. The zero-order valence-corrected chi connectivity index (χ0v) is 20.4. The van der Waals surface area contributed by atoms with Crippen molar-refractivity contribution in [3.8, 4) is 17.2 Å². The molecule has 1 aliphatic heterocycles. The number of hydrogen-bond acceptors (Lipinski definition) is 3. The number of carboxylic acid groups (broad SMARTS) is 1. The molecule has 4 heteroatoms. The van der Waals surface area contributed by atoms with Crippen molar-refractivity contribution in [2.24, 2.45) is 0 Å². The molecule has 0 fully saturated rings. The summed E-state index contributed by atoms with van der Waals surface area (Å²) in [5.74, 6) is 0.361. The molecule has 4 aromatic rings. The summed E-state index contributed by atoms with van der Waals surface area (Å²) in [5.41, 5.74) is 6.51. The third kappa shape index (κ3) is 5.70. The molecule has 0 saturated carbocycles. The maximum absolute atomic E-state index is 11.1. The fraction of sp³-hybridized carbons (Fsp3) is 0. The Morgan fingerprint density at radius 2 is 1.13 bits per heavy atom. The van der Waals surface area contributed by atoms with Crippen LogP contribution in [0.4, 0.5) is 0 Å². The van der Waals surface area contributed by atoms with E-state index in [1.807, 2.05) is 72.8 Å². The van der Waals surface area contributed by atoms with Crippen LogP contribution in [0.1, 0.15) is 22.3 Å². The van der Waals surface area contributed by atoms with E-state index in [2.05, 4.69) is 42.5 Å². The Balaban J connectivity index is 1.42. The Kier molecular flexibility index (Phi) is 7.11. The van der Waals surface area contributed by atoms with Gasteiger partial charge in [-0.25, -0.2) is 4.79 Å². The Morgan fingerprint density at radius 3 is 1.58 bits per heavy atom. The Bertz CT molecular complexity index is 1560. The molecule has 0 saturated heterocycles. The number of aliphatic carboxylic acids is 1. The van der Waals surface area contributed by atoms with Crippen LogP contribution >= 0.6 is 0 Å². The van der Waals surface area contributed by atoms with Crippen LogP contribution in [0.25, 0.3) is 34.8 Å². The molecule has 0 bridgehead atoms. The van der Waals surface area contributed by atoms with E-state index < -0.39 is 5.97 Å². The SMILES string of the molecule is N#C/C(=C/c1ccc(-c2ccc(C=C3C=C(c4ccccc4)OC(c4ccccc4)=C3)cc2)cc1)C(=O)O. The van der Waals surface area contributed by atoms with Gasteiger partial charge in [-0.3, -0.25) is 0 Å². The van der Waals surface area contributed by atoms with Crippen molar-refractivity contribution in [3.63, 3.8) is 0 Å². The van der Waals surface area contributed by atoms with E-state index >= 15 is 0 Å². The zero-order valence-electron chi connectivity index (χ0n) is 20.4. The summed E-state index contributed by atoms with van der Waals surface area (Å²) in [6.07, 6.45) is 7.59. The molecule has 0 radical (unpaired) electrons. The predicted octanol–water partition coefficient (Wildman–Crippen LogP) is 7.84. The maximum Gasteiger partial charge on any atom is 0.346 e. The molecule has 0 spiro atoms. The Labute approximate surface area is 221 Å². The molecular formula is C34H23NO3. The van der Waals surface area contributed by atoms with Gasteiger partial charge in [0.05, 0.1) is 0 Å². The van der Waals surface area contributed by atoms with Crippen molar-refractivity contribution in [2.75, 3.05) is 0 Å². The smallest absolute Gasteiger partial charge is 0.346 e. The Hall–Kier alpha value is -5.40. The molecule has 4 aromatic carbocycles. The first kappa shape index (κ1) is 24.3. The summed E-state index contributed by atoms with van der Waals surface area (Å²) in [7, 11) is 0. The summed E-state index contributed by atoms with van der Waals surface area (Å²) in [5, 5.41) is 18.0. The average Bonchev–Trinajstić information content (AvgIpc) is 2.97. The number of rotatable bonds is 6. The highest BCUT2D eigenvalue weighted by Crippen LogP contribution is 2.33. The molecule has 0 aromatic heterocycles. The van der Waals surface area contributed by atoms with Crippen LogP contribution in [0.15, 0.2) is 132 Å². The second-order valence-corrected chi connectivity index (χ2v) is 8.71. The highest BCUT2D eigenvalue weighted by Gasteiger charge is 2.15. The molecule has 5 rings (SSSR count). The van der Waals surface area contributed by atoms with Gasteiger partial charge in [-0.05, 0) is 52.1 Å². The molecule has 0 amide bonds. The number of carboxylic acids is 1. The number of carbonyl (C=O) groups is 1. The number of hydrogen-bond donors (Lipinski definition) is 1. The molecule has 182 valence electrons. The van der Waals surface area contributed by atoms with Crippen molar-refractivity contribution in [1.82, 2.24) is 0 Å². The van der Waals surface area contributed by atoms with Crippen LogP contribution in [-0.4, -0.2) is 11.1 Å². The van der Waals surface area contributed by atoms with Gasteiger partial charge >= 0.3 is 5.97 Å². The van der Waals surface area contributed by atoms with Crippen molar-refractivity contribution >= 4 is 29.6 Å². The fourth-order valence-corrected chi connectivity index (χ4v) is 4.14. The highest BCUT2D eigenvalue weighted by molar-refractivity contribution is 5.96. The first-order valence-electron chi connectivity index (χ1n) is 12.1. The van der Waals surface area contributed by atoms with Gasteiger partial charge in [0.25, 0.3) is 0 Å². The maximum atomic E-state index is 11.1. The summed E-state index contributed by atoms with van der Waals surface area (Å²) in [6, 6.07) is 37.5. The van der Waals surface area contributed by atoms with Crippen LogP contribution in [0.2, 0.25) is 0 Å². The topological polar surface area (TPSA) is 70.3 Å².